The summed E-state index contributed by atoms with van der Waals surface area (Å²) in [5.74, 6) is -0.00810. The van der Waals surface area contributed by atoms with E-state index in [1.807, 2.05) is 0 Å². The van der Waals surface area contributed by atoms with E-state index >= 15 is 0 Å². The first kappa shape index (κ1) is 8.91. The average molecular weight is 151 g/mol. The molecule has 0 fully saturated rings. The molecule has 3 nitrogen and oxygen atoms in total. The number of rotatable bonds is 3. The Hall–Kier alpha value is -0.0900. The van der Waals surface area contributed by atoms with Crippen molar-refractivity contribution in [2.24, 2.45) is 5.41 Å². The maximum absolute atomic E-state index is 10.2. The van der Waals surface area contributed by atoms with Gasteiger partial charge in [0, 0.05) is 5.41 Å². The van der Waals surface area contributed by atoms with Crippen LogP contribution in [0.4, 0.5) is 0 Å². The Balaban J connectivity index is 3.86. The summed E-state index contributed by atoms with van der Waals surface area (Å²) in [7, 11) is -2.39. The van der Waals surface area contributed by atoms with Crippen LogP contribution in [0.1, 0.15) is 13.8 Å². The Morgan fingerprint density at radius 3 is 1.89 bits per heavy atom. The summed E-state index contributed by atoms with van der Waals surface area (Å²) in [5, 5.41) is 10.2. The monoisotopic (exact) mass is 151 g/mol. The molecule has 0 heterocycles. The Kier molecular flexibility index (Phi) is 3.14. The molecule has 0 spiro atoms. The van der Waals surface area contributed by atoms with E-state index in [0.717, 1.165) is 0 Å². The highest BCUT2D eigenvalue weighted by atomic mass is 32.2. The van der Waals surface area contributed by atoms with Gasteiger partial charge < -0.3 is 0 Å². The zero-order valence-corrected chi connectivity index (χ0v) is 6.48. The topological polar surface area (TPSA) is 54.0 Å². The Labute approximate surface area is 56.7 Å². The fraction of sp³-hybridized carbons (Fsp3) is 1.00. The van der Waals surface area contributed by atoms with Crippen molar-refractivity contribution in [2.45, 2.75) is 13.8 Å². The van der Waals surface area contributed by atoms with Crippen LogP contribution in [0.15, 0.2) is 0 Å². The molecule has 0 aliphatic rings. The van der Waals surface area contributed by atoms with E-state index in [-0.39, 0.29) is 12.4 Å². The van der Waals surface area contributed by atoms with Crippen molar-refractivity contribution in [3.05, 3.63) is 0 Å². The predicted octanol–water partition coefficient (Wildman–Crippen LogP) is 0.0545. The number of thiol groups is 1. The quantitative estimate of drug-likeness (QED) is 0.580. The van der Waals surface area contributed by atoms with Gasteiger partial charge in [-0.2, -0.15) is 0 Å². The maximum atomic E-state index is 10.2. The smallest absolute Gasteiger partial charge is 0.140 e. The zero-order valence-electron chi connectivity index (χ0n) is 5.59. The SMILES string of the molecule is CC(C)(C[O])C[SH](=O)=O. The minimum Gasteiger partial charge on any atom is -0.236 e. The molecule has 0 aromatic carbocycles. The minimum atomic E-state index is -2.39. The van der Waals surface area contributed by atoms with Gasteiger partial charge in [-0.1, -0.05) is 13.8 Å². The third kappa shape index (κ3) is 4.42. The molecule has 0 atom stereocenters. The van der Waals surface area contributed by atoms with E-state index in [1.165, 1.54) is 0 Å². The molecule has 0 saturated heterocycles. The van der Waals surface area contributed by atoms with Crippen molar-refractivity contribution in [1.29, 1.82) is 0 Å². The summed E-state index contributed by atoms with van der Waals surface area (Å²) in [4.78, 5) is 0. The standard InChI is InChI=1S/C5H11O3S/c1-5(2,3-6)4-9(7)8/h9H,3-4H2,1-2H3. The molecule has 55 valence electrons. The van der Waals surface area contributed by atoms with E-state index in [1.54, 1.807) is 13.8 Å². The van der Waals surface area contributed by atoms with Crippen LogP contribution in [0.5, 0.6) is 0 Å². The van der Waals surface area contributed by atoms with Gasteiger partial charge in [-0.25, -0.2) is 13.5 Å². The van der Waals surface area contributed by atoms with Crippen LogP contribution >= 0.6 is 0 Å². The van der Waals surface area contributed by atoms with Gasteiger partial charge in [0.2, 0.25) is 0 Å². The van der Waals surface area contributed by atoms with Crippen LogP contribution in [-0.4, -0.2) is 20.8 Å². The third-order valence-corrected chi connectivity index (χ3v) is 2.06. The molecule has 0 saturated carbocycles. The van der Waals surface area contributed by atoms with E-state index < -0.39 is 16.1 Å². The Morgan fingerprint density at radius 1 is 1.33 bits per heavy atom. The molecular weight excluding hydrogens is 140 g/mol. The van der Waals surface area contributed by atoms with Gasteiger partial charge in [0.05, 0.1) is 12.4 Å². The number of hydrogen-bond acceptors (Lipinski definition) is 2. The van der Waals surface area contributed by atoms with E-state index in [4.69, 9.17) is 0 Å². The minimum absolute atomic E-state index is 0.00810. The summed E-state index contributed by atoms with van der Waals surface area (Å²) in [6.07, 6.45) is 0. The molecule has 4 heteroatoms. The van der Waals surface area contributed by atoms with Gasteiger partial charge in [-0.3, -0.25) is 0 Å². The van der Waals surface area contributed by atoms with Gasteiger partial charge in [0.1, 0.15) is 10.7 Å². The van der Waals surface area contributed by atoms with Crippen molar-refractivity contribution < 1.29 is 13.5 Å². The van der Waals surface area contributed by atoms with Crippen molar-refractivity contribution in [1.82, 2.24) is 0 Å². The molecule has 0 aromatic heterocycles. The third-order valence-electron chi connectivity index (χ3n) is 0.948. The van der Waals surface area contributed by atoms with Crippen LogP contribution in [0, 0.1) is 5.41 Å². The molecule has 0 N–H and O–H groups in total. The van der Waals surface area contributed by atoms with Gasteiger partial charge >= 0.3 is 0 Å². The lowest BCUT2D eigenvalue weighted by Crippen LogP contribution is -2.21. The predicted molar refractivity (Wildman–Crippen MR) is 34.5 cm³/mol. The Morgan fingerprint density at radius 2 is 1.78 bits per heavy atom. The fourth-order valence-electron chi connectivity index (χ4n) is 0.395. The van der Waals surface area contributed by atoms with Crippen molar-refractivity contribution in [2.75, 3.05) is 12.4 Å². The second kappa shape index (κ2) is 3.17. The molecule has 9 heavy (non-hydrogen) atoms. The van der Waals surface area contributed by atoms with Crippen LogP contribution < -0.4 is 0 Å². The zero-order chi connectivity index (χ0) is 7.49. The first-order chi connectivity index (χ1) is 3.98. The van der Waals surface area contributed by atoms with Gasteiger partial charge in [-0.05, 0) is 0 Å². The normalized spacial score (nSPS) is 12.4. The maximum Gasteiger partial charge on any atom is 0.140 e. The van der Waals surface area contributed by atoms with Crippen LogP contribution in [-0.2, 0) is 15.8 Å². The first-order valence-corrected chi connectivity index (χ1v) is 4.04. The molecular formula is C5H11O3S. The van der Waals surface area contributed by atoms with E-state index in [0.29, 0.717) is 0 Å². The first-order valence-electron chi connectivity index (χ1n) is 2.68. The second-order valence-electron chi connectivity index (χ2n) is 2.80. The molecule has 0 aromatic rings. The van der Waals surface area contributed by atoms with Crippen molar-refractivity contribution in [3.63, 3.8) is 0 Å². The second-order valence-corrected chi connectivity index (χ2v) is 3.78. The molecule has 0 amide bonds. The summed E-state index contributed by atoms with van der Waals surface area (Å²) >= 11 is 0. The highest BCUT2D eigenvalue weighted by Gasteiger charge is 2.17. The highest BCUT2D eigenvalue weighted by molar-refractivity contribution is 7.72. The molecule has 0 aliphatic heterocycles. The lowest BCUT2D eigenvalue weighted by Gasteiger charge is -2.15. The molecule has 1 radical (unpaired) electrons. The summed E-state index contributed by atoms with van der Waals surface area (Å²) in [6, 6.07) is 0. The van der Waals surface area contributed by atoms with Crippen molar-refractivity contribution >= 4 is 10.7 Å². The van der Waals surface area contributed by atoms with Gasteiger partial charge in [0.25, 0.3) is 0 Å². The molecule has 0 unspecified atom stereocenters. The average Bonchev–Trinajstić information content (AvgIpc) is 1.63. The largest absolute Gasteiger partial charge is 0.236 e. The van der Waals surface area contributed by atoms with Crippen LogP contribution in [0.25, 0.3) is 0 Å². The van der Waals surface area contributed by atoms with E-state index in [2.05, 4.69) is 0 Å². The lowest BCUT2D eigenvalue weighted by atomic mass is 9.98. The van der Waals surface area contributed by atoms with Gasteiger partial charge in [-0.15, -0.1) is 0 Å². The van der Waals surface area contributed by atoms with Crippen LogP contribution in [0.2, 0.25) is 0 Å². The molecule has 0 aliphatic carbocycles. The van der Waals surface area contributed by atoms with Gasteiger partial charge in [0.15, 0.2) is 0 Å². The van der Waals surface area contributed by atoms with Crippen molar-refractivity contribution in [3.8, 4) is 0 Å². The lowest BCUT2D eigenvalue weighted by molar-refractivity contribution is 0.108. The summed E-state index contributed by atoms with van der Waals surface area (Å²) in [5.41, 5.74) is -0.588. The highest BCUT2D eigenvalue weighted by Crippen LogP contribution is 2.12. The molecule has 0 bridgehead atoms. The molecule has 0 rings (SSSR count). The Bertz CT molecular complexity index is 140. The fourth-order valence-corrected chi connectivity index (χ4v) is 1.19. The van der Waals surface area contributed by atoms with Crippen LogP contribution in [0.3, 0.4) is 0 Å². The van der Waals surface area contributed by atoms with E-state index in [9.17, 15) is 13.5 Å². The number of hydrogen-bond donors (Lipinski definition) is 1. The summed E-state index contributed by atoms with van der Waals surface area (Å²) in [6.45, 7) is 2.95. The summed E-state index contributed by atoms with van der Waals surface area (Å²) < 4.78 is 20.1.